The zero-order chi connectivity index (χ0) is 14.4. The second kappa shape index (κ2) is 8.36. The summed E-state index contributed by atoms with van der Waals surface area (Å²) >= 11 is 0. The van der Waals surface area contributed by atoms with Gasteiger partial charge in [-0.1, -0.05) is 6.07 Å². The van der Waals surface area contributed by atoms with E-state index in [0.717, 1.165) is 37.4 Å². The molecule has 0 saturated carbocycles. The van der Waals surface area contributed by atoms with Gasteiger partial charge in [0.25, 0.3) is 0 Å². The summed E-state index contributed by atoms with van der Waals surface area (Å²) in [4.78, 5) is 1.96. The maximum absolute atomic E-state index is 7.97. The van der Waals surface area contributed by atoms with Gasteiger partial charge in [0, 0.05) is 24.8 Å². The molecule has 0 spiro atoms. The van der Waals surface area contributed by atoms with Crippen LogP contribution in [0.3, 0.4) is 0 Å². The van der Waals surface area contributed by atoms with E-state index < -0.39 is 0 Å². The predicted octanol–water partition coefficient (Wildman–Crippen LogP) is 2.47. The van der Waals surface area contributed by atoms with E-state index in [1.807, 2.05) is 23.1 Å². The molecule has 0 bridgehead atoms. The Morgan fingerprint density at radius 1 is 1.19 bits per heavy atom. The number of nitrogens with one attached hydrogen (secondary N) is 4. The van der Waals surface area contributed by atoms with Crippen LogP contribution >= 0.6 is 12.4 Å². The van der Waals surface area contributed by atoms with Crippen LogP contribution in [0.1, 0.15) is 19.3 Å². The maximum Gasteiger partial charge on any atom is 0.199 e. The molecule has 6 nitrogen and oxygen atoms in total. The van der Waals surface area contributed by atoms with Crippen molar-refractivity contribution in [3.8, 4) is 5.75 Å². The SMILES string of the molecule is COc1cccc(NC(=N)NC(=N)N2CCCCC2)c1.Cl. The summed E-state index contributed by atoms with van der Waals surface area (Å²) in [5.74, 6) is 1.10. The van der Waals surface area contributed by atoms with Gasteiger partial charge in [0.1, 0.15) is 5.75 Å². The van der Waals surface area contributed by atoms with Crippen molar-refractivity contribution in [3.05, 3.63) is 24.3 Å². The highest BCUT2D eigenvalue weighted by atomic mass is 35.5. The van der Waals surface area contributed by atoms with Crippen molar-refractivity contribution in [2.24, 2.45) is 0 Å². The minimum Gasteiger partial charge on any atom is -0.497 e. The molecule has 1 saturated heterocycles. The molecule has 7 heteroatoms. The molecule has 4 N–H and O–H groups in total. The first kappa shape index (κ1) is 17.1. The van der Waals surface area contributed by atoms with Crippen molar-refractivity contribution < 1.29 is 4.74 Å². The van der Waals surface area contributed by atoms with Gasteiger partial charge >= 0.3 is 0 Å². The Balaban J connectivity index is 0.00000220. The average molecular weight is 312 g/mol. The molecule has 1 aliphatic rings. The Bertz CT molecular complexity index is 488. The quantitative estimate of drug-likeness (QED) is 0.499. The smallest absolute Gasteiger partial charge is 0.199 e. The van der Waals surface area contributed by atoms with Gasteiger partial charge in [-0.15, -0.1) is 12.4 Å². The zero-order valence-electron chi connectivity index (χ0n) is 12.1. The minimum absolute atomic E-state index is 0. The topological polar surface area (TPSA) is 84.2 Å². The van der Waals surface area contributed by atoms with Crippen LogP contribution in [0.15, 0.2) is 24.3 Å². The van der Waals surface area contributed by atoms with Gasteiger partial charge in [0.05, 0.1) is 7.11 Å². The molecule has 1 fully saturated rings. The van der Waals surface area contributed by atoms with Gasteiger partial charge in [0.2, 0.25) is 0 Å². The van der Waals surface area contributed by atoms with Crippen LogP contribution in [0.25, 0.3) is 0 Å². The highest BCUT2D eigenvalue weighted by Gasteiger charge is 2.14. The number of rotatable bonds is 2. The molecule has 0 aliphatic carbocycles. The average Bonchev–Trinajstić information content (AvgIpc) is 2.48. The molecule has 21 heavy (non-hydrogen) atoms. The first-order valence-electron chi connectivity index (χ1n) is 6.79. The Labute approximate surface area is 131 Å². The summed E-state index contributed by atoms with van der Waals surface area (Å²) in [7, 11) is 1.61. The molecule has 0 amide bonds. The number of guanidine groups is 2. The van der Waals surface area contributed by atoms with Gasteiger partial charge in [-0.25, -0.2) is 0 Å². The largest absolute Gasteiger partial charge is 0.497 e. The predicted molar refractivity (Wildman–Crippen MR) is 87.9 cm³/mol. The summed E-state index contributed by atoms with van der Waals surface area (Å²) in [6.45, 7) is 1.77. The molecular formula is C14H22ClN5O. The van der Waals surface area contributed by atoms with Crippen molar-refractivity contribution in [3.63, 3.8) is 0 Å². The van der Waals surface area contributed by atoms with Crippen LogP contribution < -0.4 is 15.4 Å². The minimum atomic E-state index is 0. The number of benzene rings is 1. The van der Waals surface area contributed by atoms with Gasteiger partial charge < -0.3 is 15.0 Å². The molecule has 1 aliphatic heterocycles. The van der Waals surface area contributed by atoms with E-state index in [0.29, 0.717) is 0 Å². The van der Waals surface area contributed by atoms with Crippen molar-refractivity contribution in [1.82, 2.24) is 10.2 Å². The van der Waals surface area contributed by atoms with E-state index in [1.54, 1.807) is 13.2 Å². The van der Waals surface area contributed by atoms with Crippen LogP contribution in [-0.2, 0) is 0 Å². The van der Waals surface area contributed by atoms with Crippen LogP contribution in [-0.4, -0.2) is 37.0 Å². The van der Waals surface area contributed by atoms with E-state index in [9.17, 15) is 0 Å². The van der Waals surface area contributed by atoms with Crippen LogP contribution in [0.4, 0.5) is 5.69 Å². The molecule has 1 heterocycles. The normalized spacial score (nSPS) is 13.9. The lowest BCUT2D eigenvalue weighted by Crippen LogP contribution is -2.47. The third kappa shape index (κ3) is 5.15. The van der Waals surface area contributed by atoms with Crippen molar-refractivity contribution in [2.75, 3.05) is 25.5 Å². The summed E-state index contributed by atoms with van der Waals surface area (Å²) in [6.07, 6.45) is 3.45. The number of methoxy groups -OCH3 is 1. The Kier molecular flexibility index (Phi) is 6.81. The Morgan fingerprint density at radius 3 is 2.57 bits per heavy atom. The third-order valence-electron chi connectivity index (χ3n) is 3.25. The van der Waals surface area contributed by atoms with Gasteiger partial charge in [-0.3, -0.25) is 16.1 Å². The fourth-order valence-corrected chi connectivity index (χ4v) is 2.19. The molecule has 2 rings (SSSR count). The number of piperidine rings is 1. The molecule has 0 unspecified atom stereocenters. The lowest BCUT2D eigenvalue weighted by molar-refractivity contribution is 0.334. The molecule has 0 atom stereocenters. The molecule has 1 aromatic rings. The first-order chi connectivity index (χ1) is 9.69. The number of hydrogen-bond donors (Lipinski definition) is 4. The number of ether oxygens (including phenoxy) is 1. The first-order valence-corrected chi connectivity index (χ1v) is 6.79. The lowest BCUT2D eigenvalue weighted by atomic mass is 10.1. The third-order valence-corrected chi connectivity index (χ3v) is 3.25. The van der Waals surface area contributed by atoms with Gasteiger partial charge in [-0.2, -0.15) is 0 Å². The second-order valence-corrected chi connectivity index (χ2v) is 4.75. The highest BCUT2D eigenvalue weighted by molar-refractivity contribution is 6.02. The number of likely N-dealkylation sites (tertiary alicyclic amines) is 1. The van der Waals surface area contributed by atoms with E-state index >= 15 is 0 Å². The highest BCUT2D eigenvalue weighted by Crippen LogP contribution is 2.16. The Hall–Kier alpha value is -1.95. The Morgan fingerprint density at radius 2 is 1.90 bits per heavy atom. The van der Waals surface area contributed by atoms with Crippen molar-refractivity contribution >= 4 is 30.0 Å². The molecule has 0 radical (unpaired) electrons. The van der Waals surface area contributed by atoms with E-state index in [2.05, 4.69) is 10.6 Å². The summed E-state index contributed by atoms with van der Waals surface area (Å²) in [5.41, 5.74) is 0.758. The van der Waals surface area contributed by atoms with Crippen LogP contribution in [0.5, 0.6) is 5.75 Å². The molecule has 1 aromatic carbocycles. The summed E-state index contributed by atoms with van der Waals surface area (Å²) < 4.78 is 5.13. The van der Waals surface area contributed by atoms with E-state index in [-0.39, 0.29) is 24.3 Å². The van der Waals surface area contributed by atoms with Crippen LogP contribution in [0, 0.1) is 10.8 Å². The van der Waals surface area contributed by atoms with Crippen molar-refractivity contribution in [2.45, 2.75) is 19.3 Å². The van der Waals surface area contributed by atoms with E-state index in [4.69, 9.17) is 15.6 Å². The van der Waals surface area contributed by atoms with Gasteiger partial charge in [-0.05, 0) is 31.4 Å². The van der Waals surface area contributed by atoms with E-state index in [1.165, 1.54) is 6.42 Å². The maximum atomic E-state index is 7.97. The van der Waals surface area contributed by atoms with Crippen molar-refractivity contribution in [1.29, 1.82) is 10.8 Å². The zero-order valence-corrected chi connectivity index (χ0v) is 12.9. The second-order valence-electron chi connectivity index (χ2n) is 4.75. The number of halogens is 1. The number of hydrogen-bond acceptors (Lipinski definition) is 3. The monoisotopic (exact) mass is 311 g/mol. The number of nitrogens with zero attached hydrogens (tertiary/aromatic N) is 1. The molecular weight excluding hydrogens is 290 g/mol. The molecule has 116 valence electrons. The molecule has 0 aromatic heterocycles. The van der Waals surface area contributed by atoms with Gasteiger partial charge in [0.15, 0.2) is 11.9 Å². The van der Waals surface area contributed by atoms with Crippen LogP contribution in [0.2, 0.25) is 0 Å². The fourth-order valence-electron chi connectivity index (χ4n) is 2.19. The fraction of sp³-hybridized carbons (Fsp3) is 0.429. The lowest BCUT2D eigenvalue weighted by Gasteiger charge is -2.29. The standard InChI is InChI=1S/C14H21N5O.ClH/c1-20-12-7-5-6-11(10-12)17-13(15)18-14(16)19-8-3-2-4-9-19;/h5-7,10H,2-4,8-9H2,1H3,(H4,15,16,17,18);1H. The number of anilines is 1. The summed E-state index contributed by atoms with van der Waals surface area (Å²) in [5, 5.41) is 21.5. The summed E-state index contributed by atoms with van der Waals surface area (Å²) in [6, 6.07) is 7.35.